The lowest BCUT2D eigenvalue weighted by molar-refractivity contribution is -0.120. The largest absolute Gasteiger partial charge is 0.377 e. The fourth-order valence-corrected chi connectivity index (χ4v) is 1.73. The summed E-state index contributed by atoms with van der Waals surface area (Å²) in [6, 6.07) is 0. The Morgan fingerprint density at radius 3 is 3.00 bits per heavy atom. The van der Waals surface area contributed by atoms with E-state index in [1.165, 1.54) is 19.3 Å². The van der Waals surface area contributed by atoms with Crippen LogP contribution in [0, 0.1) is 0 Å². The summed E-state index contributed by atoms with van der Waals surface area (Å²) in [6.07, 6.45) is 5.54. The minimum absolute atomic E-state index is 0.116. The van der Waals surface area contributed by atoms with Crippen molar-refractivity contribution in [3.8, 4) is 0 Å². The van der Waals surface area contributed by atoms with Gasteiger partial charge in [0.2, 0.25) is 5.91 Å². The molecule has 0 aromatic carbocycles. The van der Waals surface area contributed by atoms with Crippen LogP contribution in [0.1, 0.15) is 32.1 Å². The Labute approximate surface area is 91.8 Å². The first-order chi connectivity index (χ1) is 7.33. The normalized spacial score (nSPS) is 21.3. The van der Waals surface area contributed by atoms with Crippen molar-refractivity contribution in [1.82, 2.24) is 10.6 Å². The molecule has 4 nitrogen and oxygen atoms in total. The summed E-state index contributed by atoms with van der Waals surface area (Å²) in [7, 11) is 1.67. The van der Waals surface area contributed by atoms with Gasteiger partial charge in [-0.05, 0) is 32.2 Å². The van der Waals surface area contributed by atoms with Gasteiger partial charge < -0.3 is 15.4 Å². The molecule has 0 spiro atoms. The molecule has 4 heteroatoms. The first-order valence-electron chi connectivity index (χ1n) is 5.86. The van der Waals surface area contributed by atoms with E-state index >= 15 is 0 Å². The third-order valence-corrected chi connectivity index (χ3v) is 2.68. The Kier molecular flexibility index (Phi) is 6.36. The van der Waals surface area contributed by atoms with Gasteiger partial charge in [-0.15, -0.1) is 0 Å². The van der Waals surface area contributed by atoms with E-state index in [9.17, 15) is 4.79 Å². The number of carbonyl (C=O) groups is 1. The summed E-state index contributed by atoms with van der Waals surface area (Å²) in [6.45, 7) is 2.73. The van der Waals surface area contributed by atoms with Gasteiger partial charge >= 0.3 is 0 Å². The summed E-state index contributed by atoms with van der Waals surface area (Å²) in [4.78, 5) is 10.9. The number of hydrogen-bond acceptors (Lipinski definition) is 3. The lowest BCUT2D eigenvalue weighted by Gasteiger charge is -2.22. The van der Waals surface area contributed by atoms with Crippen molar-refractivity contribution in [2.24, 2.45) is 0 Å². The van der Waals surface area contributed by atoms with Crippen LogP contribution in [0.15, 0.2) is 0 Å². The van der Waals surface area contributed by atoms with Crippen molar-refractivity contribution < 1.29 is 9.53 Å². The fraction of sp³-hybridized carbons (Fsp3) is 0.909. The molecule has 1 atom stereocenters. The van der Waals surface area contributed by atoms with E-state index in [0.29, 0.717) is 12.5 Å². The highest BCUT2D eigenvalue weighted by Gasteiger charge is 2.12. The van der Waals surface area contributed by atoms with Gasteiger partial charge in [-0.1, -0.05) is 0 Å². The Morgan fingerprint density at radius 1 is 1.47 bits per heavy atom. The summed E-state index contributed by atoms with van der Waals surface area (Å²) in [5.74, 6) is 0.116. The van der Waals surface area contributed by atoms with Crippen LogP contribution < -0.4 is 10.6 Å². The molecule has 0 radical (unpaired) electrons. The summed E-state index contributed by atoms with van der Waals surface area (Å²) >= 11 is 0. The maximum Gasteiger partial charge on any atom is 0.219 e. The molecule has 1 aliphatic rings. The molecule has 0 aromatic heterocycles. The Balaban J connectivity index is 1.89. The molecule has 1 fully saturated rings. The number of carbonyl (C=O) groups excluding carboxylic acids is 1. The van der Waals surface area contributed by atoms with Crippen LogP contribution in [0.25, 0.3) is 0 Å². The highest BCUT2D eigenvalue weighted by molar-refractivity contribution is 5.75. The zero-order chi connectivity index (χ0) is 10.9. The topological polar surface area (TPSA) is 50.4 Å². The van der Waals surface area contributed by atoms with E-state index in [2.05, 4.69) is 10.6 Å². The number of nitrogens with one attached hydrogen (secondary N) is 2. The Morgan fingerprint density at radius 2 is 2.33 bits per heavy atom. The molecule has 15 heavy (non-hydrogen) atoms. The second kappa shape index (κ2) is 7.65. The van der Waals surface area contributed by atoms with Gasteiger partial charge in [0.1, 0.15) is 0 Å². The molecule has 1 rings (SSSR count). The third-order valence-electron chi connectivity index (χ3n) is 2.68. The minimum atomic E-state index is 0.116. The molecule has 1 unspecified atom stereocenters. The van der Waals surface area contributed by atoms with E-state index in [1.807, 2.05) is 0 Å². The van der Waals surface area contributed by atoms with Gasteiger partial charge in [-0.25, -0.2) is 0 Å². The van der Waals surface area contributed by atoms with Crippen molar-refractivity contribution in [2.75, 3.05) is 26.7 Å². The van der Waals surface area contributed by atoms with Gasteiger partial charge in [0, 0.05) is 26.6 Å². The molecule has 0 aromatic rings. The number of ether oxygens (including phenoxy) is 1. The smallest absolute Gasteiger partial charge is 0.219 e. The zero-order valence-electron chi connectivity index (χ0n) is 9.55. The lowest BCUT2D eigenvalue weighted by Crippen LogP contribution is -2.32. The van der Waals surface area contributed by atoms with Crippen molar-refractivity contribution in [1.29, 1.82) is 0 Å². The average Bonchev–Trinajstić information content (AvgIpc) is 2.29. The molecule has 1 heterocycles. The van der Waals surface area contributed by atoms with Crippen LogP contribution in [0.4, 0.5) is 0 Å². The molecular weight excluding hydrogens is 192 g/mol. The molecule has 0 bridgehead atoms. The maximum atomic E-state index is 10.9. The first-order valence-corrected chi connectivity index (χ1v) is 5.86. The molecule has 2 N–H and O–H groups in total. The summed E-state index contributed by atoms with van der Waals surface area (Å²) < 4.78 is 5.58. The van der Waals surface area contributed by atoms with Crippen LogP contribution in [0.5, 0.6) is 0 Å². The van der Waals surface area contributed by atoms with Crippen LogP contribution in [-0.2, 0) is 9.53 Å². The van der Waals surface area contributed by atoms with E-state index in [0.717, 1.165) is 26.1 Å². The van der Waals surface area contributed by atoms with Gasteiger partial charge in [-0.2, -0.15) is 0 Å². The van der Waals surface area contributed by atoms with Crippen molar-refractivity contribution in [3.05, 3.63) is 0 Å². The quantitative estimate of drug-likeness (QED) is 0.639. The van der Waals surface area contributed by atoms with Crippen LogP contribution in [-0.4, -0.2) is 38.8 Å². The molecule has 0 aliphatic carbocycles. The third kappa shape index (κ3) is 5.74. The van der Waals surface area contributed by atoms with Crippen LogP contribution in [0.2, 0.25) is 0 Å². The van der Waals surface area contributed by atoms with E-state index in [4.69, 9.17) is 4.74 Å². The predicted molar refractivity (Wildman–Crippen MR) is 59.8 cm³/mol. The van der Waals surface area contributed by atoms with Gasteiger partial charge in [0.15, 0.2) is 0 Å². The maximum absolute atomic E-state index is 10.9. The number of rotatable bonds is 6. The Bertz CT molecular complexity index is 179. The molecule has 1 aliphatic heterocycles. The van der Waals surface area contributed by atoms with Gasteiger partial charge in [0.05, 0.1) is 6.10 Å². The molecule has 1 saturated heterocycles. The lowest BCUT2D eigenvalue weighted by atomic mass is 10.1. The minimum Gasteiger partial charge on any atom is -0.377 e. The summed E-state index contributed by atoms with van der Waals surface area (Å²) in [5, 5.41) is 5.94. The molecule has 1 amide bonds. The van der Waals surface area contributed by atoms with Crippen molar-refractivity contribution >= 4 is 5.91 Å². The van der Waals surface area contributed by atoms with Gasteiger partial charge in [0.25, 0.3) is 0 Å². The highest BCUT2D eigenvalue weighted by Crippen LogP contribution is 2.11. The Hall–Kier alpha value is -0.610. The zero-order valence-corrected chi connectivity index (χ0v) is 9.55. The number of amides is 1. The monoisotopic (exact) mass is 214 g/mol. The standard InChI is InChI=1S/C11H22N2O2/c1-12-11(14)6-4-7-13-9-10-5-2-3-8-15-10/h10,13H,2-9H2,1H3,(H,12,14). The van der Waals surface area contributed by atoms with E-state index < -0.39 is 0 Å². The van der Waals surface area contributed by atoms with Crippen molar-refractivity contribution in [3.63, 3.8) is 0 Å². The number of hydrogen-bond donors (Lipinski definition) is 2. The SMILES string of the molecule is CNC(=O)CCCNCC1CCCCO1. The molecular formula is C11H22N2O2. The van der Waals surface area contributed by atoms with Crippen molar-refractivity contribution in [2.45, 2.75) is 38.2 Å². The predicted octanol–water partition coefficient (Wildman–Crippen LogP) is 0.671. The van der Waals surface area contributed by atoms with E-state index in [1.54, 1.807) is 7.05 Å². The average molecular weight is 214 g/mol. The van der Waals surface area contributed by atoms with Gasteiger partial charge in [-0.3, -0.25) is 4.79 Å². The molecule has 0 saturated carbocycles. The fourth-order valence-electron chi connectivity index (χ4n) is 1.73. The van der Waals surface area contributed by atoms with E-state index in [-0.39, 0.29) is 5.91 Å². The van der Waals surface area contributed by atoms with Crippen LogP contribution in [0.3, 0.4) is 0 Å². The molecule has 88 valence electrons. The first kappa shape index (κ1) is 12.5. The second-order valence-electron chi connectivity index (χ2n) is 3.97. The highest BCUT2D eigenvalue weighted by atomic mass is 16.5. The second-order valence-corrected chi connectivity index (χ2v) is 3.97. The van der Waals surface area contributed by atoms with Crippen LogP contribution >= 0.6 is 0 Å². The summed E-state index contributed by atoms with van der Waals surface area (Å²) in [5.41, 5.74) is 0.